The number of rotatable bonds is 15. The number of ketones is 1. The maximum absolute atomic E-state index is 13.3. The molecular weight excluding hydrogens is 534 g/mol. The normalized spacial score (nSPS) is 16.2. The van der Waals surface area contributed by atoms with Gasteiger partial charge in [0.05, 0.1) is 6.04 Å². The molecule has 0 spiro atoms. The van der Waals surface area contributed by atoms with Gasteiger partial charge in [0.2, 0.25) is 23.6 Å². The minimum absolute atomic E-state index is 0.0367. The summed E-state index contributed by atoms with van der Waals surface area (Å²) in [6, 6.07) is 5.01. The molecule has 41 heavy (non-hydrogen) atoms. The van der Waals surface area contributed by atoms with Crippen LogP contribution in [-0.2, 0) is 40.1 Å². The van der Waals surface area contributed by atoms with E-state index in [-0.39, 0.29) is 44.1 Å². The van der Waals surface area contributed by atoms with Crippen molar-refractivity contribution in [1.82, 2.24) is 15.5 Å². The van der Waals surface area contributed by atoms with Gasteiger partial charge in [-0.05, 0) is 36.5 Å². The Morgan fingerprint density at radius 3 is 2.29 bits per heavy atom. The van der Waals surface area contributed by atoms with Gasteiger partial charge in [-0.15, -0.1) is 0 Å². The minimum Gasteiger partial charge on any atom is -0.461 e. The second kappa shape index (κ2) is 15.5. The van der Waals surface area contributed by atoms with Crippen molar-refractivity contribution in [3.05, 3.63) is 29.8 Å². The molecule has 2 rings (SSSR count). The molecule has 6 amide bonds. The van der Waals surface area contributed by atoms with Gasteiger partial charge in [0.25, 0.3) is 0 Å². The van der Waals surface area contributed by atoms with Crippen LogP contribution in [0.2, 0.25) is 0 Å². The summed E-state index contributed by atoms with van der Waals surface area (Å²) in [6.07, 6.45) is 0.450. The Hall–Kier alpha value is -4.29. The molecule has 0 aliphatic carbocycles. The number of anilines is 1. The van der Waals surface area contributed by atoms with E-state index < -0.39 is 60.1 Å². The van der Waals surface area contributed by atoms with Gasteiger partial charge in [0, 0.05) is 43.8 Å². The number of nitrogens with two attached hydrogens (primary N) is 1. The Kier molecular flexibility index (Phi) is 12.4. The number of likely N-dealkylation sites (tertiary alicyclic amines) is 1. The summed E-state index contributed by atoms with van der Waals surface area (Å²) in [5.41, 5.74) is 6.30. The SMILES string of the molecule is CC(=O)OCc1ccc(NC(=O)[C@H](CCCNC(N)=O)CC(=O)[C@@H](NC(=O)CN2C(=O)CC(C)C2=O)C(C)C)cc1. The highest BCUT2D eigenvalue weighted by Crippen LogP contribution is 2.21. The Labute approximate surface area is 238 Å². The zero-order chi connectivity index (χ0) is 30.7. The molecule has 1 aliphatic heterocycles. The zero-order valence-electron chi connectivity index (χ0n) is 23.9. The number of hydrogen-bond acceptors (Lipinski definition) is 8. The number of ether oxygens (including phenoxy) is 1. The van der Waals surface area contributed by atoms with Crippen LogP contribution in [0.3, 0.4) is 0 Å². The first kappa shape index (κ1) is 32.9. The number of benzene rings is 1. The summed E-state index contributed by atoms with van der Waals surface area (Å²) in [5, 5.41) is 7.86. The first-order valence-corrected chi connectivity index (χ1v) is 13.5. The lowest BCUT2D eigenvalue weighted by Gasteiger charge is -2.25. The third-order valence-corrected chi connectivity index (χ3v) is 6.61. The Morgan fingerprint density at radius 2 is 1.76 bits per heavy atom. The number of esters is 1. The summed E-state index contributed by atoms with van der Waals surface area (Å²) in [5.74, 6) is -4.37. The quantitative estimate of drug-likeness (QED) is 0.137. The van der Waals surface area contributed by atoms with Gasteiger partial charge < -0.3 is 26.4 Å². The van der Waals surface area contributed by atoms with E-state index in [4.69, 9.17) is 10.5 Å². The van der Waals surface area contributed by atoms with Gasteiger partial charge in [-0.2, -0.15) is 0 Å². The van der Waals surface area contributed by atoms with Gasteiger partial charge in [0.1, 0.15) is 13.2 Å². The van der Waals surface area contributed by atoms with Crippen LogP contribution in [0.1, 0.15) is 58.9 Å². The Balaban J connectivity index is 2.08. The molecule has 1 fully saturated rings. The minimum atomic E-state index is -0.952. The first-order chi connectivity index (χ1) is 19.3. The van der Waals surface area contributed by atoms with Crippen molar-refractivity contribution in [2.75, 3.05) is 18.4 Å². The summed E-state index contributed by atoms with van der Waals surface area (Å²) >= 11 is 0. The molecule has 1 aromatic carbocycles. The number of carbonyl (C=O) groups is 7. The Morgan fingerprint density at radius 1 is 1.10 bits per heavy atom. The van der Waals surface area contributed by atoms with Crippen LogP contribution in [0, 0.1) is 17.8 Å². The predicted molar refractivity (Wildman–Crippen MR) is 148 cm³/mol. The molecule has 0 radical (unpaired) electrons. The van der Waals surface area contributed by atoms with E-state index in [0.29, 0.717) is 12.1 Å². The maximum atomic E-state index is 13.3. The van der Waals surface area contributed by atoms with Crippen LogP contribution < -0.4 is 21.7 Å². The summed E-state index contributed by atoms with van der Waals surface area (Å²) in [7, 11) is 0. The highest BCUT2D eigenvalue weighted by molar-refractivity contribution is 6.06. The highest BCUT2D eigenvalue weighted by atomic mass is 16.5. The second-order valence-corrected chi connectivity index (χ2v) is 10.5. The molecule has 224 valence electrons. The molecular formula is C28H39N5O8. The lowest BCUT2D eigenvalue weighted by Crippen LogP contribution is -2.49. The number of urea groups is 1. The number of Topliss-reactive ketones (excluding diaryl/α,β-unsaturated/α-hetero) is 1. The molecule has 1 aromatic rings. The monoisotopic (exact) mass is 573 g/mol. The van der Waals surface area contributed by atoms with Crippen LogP contribution in [0.4, 0.5) is 10.5 Å². The first-order valence-electron chi connectivity index (χ1n) is 13.5. The van der Waals surface area contributed by atoms with E-state index in [1.54, 1.807) is 45.0 Å². The lowest BCUT2D eigenvalue weighted by molar-refractivity contribution is -0.143. The number of imide groups is 1. The molecule has 0 saturated carbocycles. The van der Waals surface area contributed by atoms with Crippen molar-refractivity contribution in [2.24, 2.45) is 23.5 Å². The number of nitrogens with zero attached hydrogens (tertiary/aromatic N) is 1. The number of hydrogen-bond donors (Lipinski definition) is 4. The second-order valence-electron chi connectivity index (χ2n) is 10.5. The van der Waals surface area contributed by atoms with Crippen molar-refractivity contribution in [3.8, 4) is 0 Å². The molecule has 1 saturated heterocycles. The fraction of sp³-hybridized carbons (Fsp3) is 0.536. The summed E-state index contributed by atoms with van der Waals surface area (Å²) in [4.78, 5) is 86.4. The van der Waals surface area contributed by atoms with Crippen LogP contribution in [0.25, 0.3) is 0 Å². The maximum Gasteiger partial charge on any atom is 0.312 e. The highest BCUT2D eigenvalue weighted by Gasteiger charge is 2.37. The van der Waals surface area contributed by atoms with Crippen LogP contribution in [0.15, 0.2) is 24.3 Å². The fourth-order valence-corrected chi connectivity index (χ4v) is 4.37. The molecule has 1 heterocycles. The molecule has 5 N–H and O–H groups in total. The average Bonchev–Trinajstić information content (AvgIpc) is 3.13. The van der Waals surface area contributed by atoms with Gasteiger partial charge in [0.15, 0.2) is 5.78 Å². The Bertz CT molecular complexity index is 1150. The standard InChI is InChI=1S/C28H39N5O8/c1-16(2)25(32-23(36)14-33-24(37)12-17(3)27(33)39)22(35)13-20(6-5-11-30-28(29)40)26(38)31-21-9-7-19(8-10-21)15-41-18(4)34/h7-10,16-17,20,25H,5-6,11-15H2,1-4H3,(H,31,38)(H,32,36)(H3,29,30,40)/t17?,20-,25+/m1/s1. The van der Waals surface area contributed by atoms with Crippen molar-refractivity contribution >= 4 is 47.1 Å². The summed E-state index contributed by atoms with van der Waals surface area (Å²) < 4.78 is 4.96. The van der Waals surface area contributed by atoms with E-state index in [9.17, 15) is 33.6 Å². The van der Waals surface area contributed by atoms with Crippen LogP contribution >= 0.6 is 0 Å². The molecule has 0 aromatic heterocycles. The van der Waals surface area contributed by atoms with Gasteiger partial charge in [-0.1, -0.05) is 32.9 Å². The van der Waals surface area contributed by atoms with Crippen molar-refractivity contribution in [1.29, 1.82) is 0 Å². The van der Waals surface area contributed by atoms with Crippen molar-refractivity contribution in [3.63, 3.8) is 0 Å². The zero-order valence-corrected chi connectivity index (χ0v) is 23.9. The van der Waals surface area contributed by atoms with E-state index in [2.05, 4.69) is 16.0 Å². The van der Waals surface area contributed by atoms with E-state index in [1.165, 1.54) is 6.92 Å². The van der Waals surface area contributed by atoms with E-state index in [1.807, 2.05) is 0 Å². The molecule has 3 atom stereocenters. The smallest absolute Gasteiger partial charge is 0.312 e. The molecule has 0 bridgehead atoms. The van der Waals surface area contributed by atoms with Gasteiger partial charge in [-0.3, -0.25) is 33.7 Å². The topological polar surface area (TPSA) is 194 Å². The average molecular weight is 574 g/mol. The summed E-state index contributed by atoms with van der Waals surface area (Å²) in [6.45, 7) is 6.21. The van der Waals surface area contributed by atoms with E-state index in [0.717, 1.165) is 10.5 Å². The van der Waals surface area contributed by atoms with Crippen molar-refractivity contribution < 1.29 is 38.3 Å². The van der Waals surface area contributed by atoms with Crippen LogP contribution in [-0.4, -0.2) is 65.4 Å². The molecule has 1 unspecified atom stereocenters. The molecule has 13 heteroatoms. The van der Waals surface area contributed by atoms with Crippen molar-refractivity contribution in [2.45, 2.75) is 66.0 Å². The largest absolute Gasteiger partial charge is 0.461 e. The number of carbonyl (C=O) groups excluding carboxylic acids is 7. The fourth-order valence-electron chi connectivity index (χ4n) is 4.37. The third kappa shape index (κ3) is 10.7. The predicted octanol–water partition coefficient (Wildman–Crippen LogP) is 1.25. The molecule has 1 aliphatic rings. The lowest BCUT2D eigenvalue weighted by atomic mass is 9.89. The van der Waals surface area contributed by atoms with Gasteiger partial charge in [-0.25, -0.2) is 4.79 Å². The molecule has 13 nitrogen and oxygen atoms in total. The van der Waals surface area contributed by atoms with Crippen LogP contribution in [0.5, 0.6) is 0 Å². The number of primary amides is 1. The number of amides is 6. The van der Waals surface area contributed by atoms with E-state index >= 15 is 0 Å². The number of nitrogens with one attached hydrogen (secondary N) is 3. The van der Waals surface area contributed by atoms with Gasteiger partial charge >= 0.3 is 12.0 Å². The third-order valence-electron chi connectivity index (χ3n) is 6.61.